The van der Waals surface area contributed by atoms with Gasteiger partial charge in [-0.15, -0.1) is 11.8 Å². The number of hydrogen-bond acceptors (Lipinski definition) is 4. The van der Waals surface area contributed by atoms with Gasteiger partial charge in [-0.05, 0) is 29.8 Å². The zero-order valence-corrected chi connectivity index (χ0v) is 17.4. The molecule has 0 fully saturated rings. The normalized spacial score (nSPS) is 15.8. The number of hydrogen-bond donors (Lipinski definition) is 1. The Morgan fingerprint density at radius 3 is 2.53 bits per heavy atom. The van der Waals surface area contributed by atoms with Gasteiger partial charge in [-0.1, -0.05) is 54.6 Å². The van der Waals surface area contributed by atoms with E-state index in [4.69, 9.17) is 4.74 Å². The van der Waals surface area contributed by atoms with Crippen LogP contribution in [0.2, 0.25) is 0 Å². The molecular weight excluding hydrogens is 396 g/mol. The molecule has 0 bridgehead atoms. The third-order valence-corrected chi connectivity index (χ3v) is 6.26. The van der Waals surface area contributed by atoms with Crippen molar-refractivity contribution < 1.29 is 14.3 Å². The molecule has 152 valence electrons. The third-order valence-electron chi connectivity index (χ3n) is 4.94. The summed E-state index contributed by atoms with van der Waals surface area (Å²) in [5, 5.41) is 2.86. The number of thioether (sulfide) groups is 1. The Morgan fingerprint density at radius 1 is 1.03 bits per heavy atom. The Bertz CT molecular complexity index is 1060. The van der Waals surface area contributed by atoms with Gasteiger partial charge < -0.3 is 15.0 Å². The van der Waals surface area contributed by atoms with Crippen LogP contribution in [0.5, 0.6) is 5.75 Å². The van der Waals surface area contributed by atoms with Gasteiger partial charge in [0, 0.05) is 16.6 Å². The highest BCUT2D eigenvalue weighted by Gasteiger charge is 2.30. The van der Waals surface area contributed by atoms with E-state index in [1.807, 2.05) is 66.7 Å². The number of amides is 2. The largest absolute Gasteiger partial charge is 0.495 e. The van der Waals surface area contributed by atoms with Crippen LogP contribution in [0.25, 0.3) is 0 Å². The summed E-state index contributed by atoms with van der Waals surface area (Å²) in [6, 6.07) is 25.0. The van der Waals surface area contributed by atoms with E-state index in [-0.39, 0.29) is 23.6 Å². The van der Waals surface area contributed by atoms with Crippen molar-refractivity contribution in [3.05, 3.63) is 84.4 Å². The van der Waals surface area contributed by atoms with Crippen LogP contribution in [0.3, 0.4) is 0 Å². The van der Waals surface area contributed by atoms with Gasteiger partial charge in [-0.2, -0.15) is 0 Å². The van der Waals surface area contributed by atoms with Gasteiger partial charge in [0.25, 0.3) is 0 Å². The van der Waals surface area contributed by atoms with Crippen molar-refractivity contribution in [2.45, 2.75) is 16.6 Å². The van der Waals surface area contributed by atoms with Crippen molar-refractivity contribution in [1.82, 2.24) is 0 Å². The van der Waals surface area contributed by atoms with Crippen LogP contribution < -0.4 is 15.0 Å². The van der Waals surface area contributed by atoms with E-state index in [0.29, 0.717) is 17.9 Å². The van der Waals surface area contributed by atoms with Gasteiger partial charge in [-0.25, -0.2) is 0 Å². The predicted octanol–water partition coefficient (Wildman–Crippen LogP) is 4.90. The lowest BCUT2D eigenvalue weighted by atomic mass is 10.1. The Kier molecular flexibility index (Phi) is 6.05. The number of carbonyl (C=O) groups excluding carboxylic acids is 2. The Labute approximate surface area is 180 Å². The van der Waals surface area contributed by atoms with Crippen molar-refractivity contribution >= 4 is 35.0 Å². The second kappa shape index (κ2) is 9.05. The number of ether oxygens (including phenoxy) is 1. The Balaban J connectivity index is 1.58. The predicted molar refractivity (Wildman–Crippen MR) is 120 cm³/mol. The Hall–Kier alpha value is -3.25. The second-order valence-corrected chi connectivity index (χ2v) is 8.16. The summed E-state index contributed by atoms with van der Waals surface area (Å²) < 4.78 is 5.30. The lowest BCUT2D eigenvalue weighted by molar-refractivity contribution is -0.121. The van der Waals surface area contributed by atoms with Crippen LogP contribution in [-0.2, 0) is 9.59 Å². The standard InChI is InChI=1S/C24H22N2O3S/c1-29-20-13-7-5-11-18(20)25-23(27)16-26-19-12-6-8-14-21(19)30-22(15-24(26)28)17-9-3-2-4-10-17/h2-14,22H,15-16H2,1H3,(H,25,27). The van der Waals surface area contributed by atoms with Gasteiger partial charge in [0.15, 0.2) is 0 Å². The van der Waals surface area contributed by atoms with Crippen LogP contribution in [0.15, 0.2) is 83.8 Å². The number of rotatable bonds is 5. The molecule has 0 aromatic heterocycles. The summed E-state index contributed by atoms with van der Waals surface area (Å²) in [6.07, 6.45) is 0.325. The molecule has 5 nitrogen and oxygen atoms in total. The van der Waals surface area contributed by atoms with Crippen LogP contribution in [0, 0.1) is 0 Å². The average Bonchev–Trinajstić information content (AvgIpc) is 2.91. The van der Waals surface area contributed by atoms with E-state index in [0.717, 1.165) is 16.1 Å². The summed E-state index contributed by atoms with van der Waals surface area (Å²) in [5.74, 6) is 0.232. The molecule has 3 aromatic carbocycles. The molecule has 0 radical (unpaired) electrons. The number of fused-ring (bicyclic) bond motifs is 1. The van der Waals surface area contributed by atoms with Crippen LogP contribution in [-0.4, -0.2) is 25.5 Å². The second-order valence-electron chi connectivity index (χ2n) is 6.92. The molecule has 0 saturated carbocycles. The molecule has 1 N–H and O–H groups in total. The van der Waals surface area contributed by atoms with Gasteiger partial charge in [-0.3, -0.25) is 9.59 Å². The summed E-state index contributed by atoms with van der Waals surface area (Å²) >= 11 is 1.66. The first kappa shape index (κ1) is 20.0. The van der Waals surface area contributed by atoms with E-state index in [2.05, 4.69) is 5.32 Å². The summed E-state index contributed by atoms with van der Waals surface area (Å²) in [4.78, 5) is 28.5. The first-order valence-electron chi connectivity index (χ1n) is 9.69. The molecule has 1 atom stereocenters. The minimum atomic E-state index is -0.272. The lowest BCUT2D eigenvalue weighted by Gasteiger charge is -2.22. The van der Waals surface area contributed by atoms with Crippen molar-refractivity contribution in [3.63, 3.8) is 0 Å². The van der Waals surface area contributed by atoms with E-state index >= 15 is 0 Å². The minimum Gasteiger partial charge on any atom is -0.495 e. The SMILES string of the molecule is COc1ccccc1NC(=O)CN1C(=O)CC(c2ccccc2)Sc2ccccc21. The number of methoxy groups -OCH3 is 1. The molecular formula is C24H22N2O3S. The first-order valence-corrected chi connectivity index (χ1v) is 10.6. The number of benzene rings is 3. The molecule has 0 aliphatic carbocycles. The Morgan fingerprint density at radius 2 is 1.73 bits per heavy atom. The van der Waals surface area contributed by atoms with Crippen LogP contribution in [0.1, 0.15) is 17.2 Å². The fourth-order valence-corrected chi connectivity index (χ4v) is 4.77. The highest BCUT2D eigenvalue weighted by atomic mass is 32.2. The zero-order chi connectivity index (χ0) is 20.9. The van der Waals surface area contributed by atoms with Gasteiger partial charge in [0.05, 0.1) is 18.5 Å². The highest BCUT2D eigenvalue weighted by Crippen LogP contribution is 2.45. The maximum atomic E-state index is 13.2. The summed E-state index contributed by atoms with van der Waals surface area (Å²) in [5.41, 5.74) is 2.45. The van der Waals surface area contributed by atoms with Gasteiger partial charge in [0.1, 0.15) is 12.3 Å². The third kappa shape index (κ3) is 4.33. The van der Waals surface area contributed by atoms with Crippen molar-refractivity contribution in [2.24, 2.45) is 0 Å². The fraction of sp³-hybridized carbons (Fsp3) is 0.167. The molecule has 1 unspecified atom stereocenters. The number of nitrogens with one attached hydrogen (secondary N) is 1. The van der Waals surface area contributed by atoms with Crippen LogP contribution >= 0.6 is 11.8 Å². The molecule has 2 amide bonds. The van der Waals surface area contributed by atoms with E-state index < -0.39 is 0 Å². The zero-order valence-electron chi connectivity index (χ0n) is 16.6. The monoisotopic (exact) mass is 418 g/mol. The van der Waals surface area contributed by atoms with Gasteiger partial charge in [0.2, 0.25) is 11.8 Å². The maximum Gasteiger partial charge on any atom is 0.244 e. The molecule has 1 heterocycles. The minimum absolute atomic E-state index is 0.00197. The molecule has 3 aromatic rings. The summed E-state index contributed by atoms with van der Waals surface area (Å²) in [7, 11) is 1.56. The lowest BCUT2D eigenvalue weighted by Crippen LogP contribution is -2.38. The number of carbonyl (C=O) groups is 2. The maximum absolute atomic E-state index is 13.2. The molecule has 1 aliphatic rings. The van der Waals surface area contributed by atoms with E-state index in [9.17, 15) is 9.59 Å². The van der Waals surface area contributed by atoms with Crippen molar-refractivity contribution in [2.75, 3.05) is 23.9 Å². The van der Waals surface area contributed by atoms with Crippen molar-refractivity contribution in [3.8, 4) is 5.75 Å². The molecule has 30 heavy (non-hydrogen) atoms. The molecule has 6 heteroatoms. The topological polar surface area (TPSA) is 58.6 Å². The molecule has 4 rings (SSSR count). The number of anilines is 2. The molecule has 1 aliphatic heterocycles. The number of para-hydroxylation sites is 3. The number of nitrogens with zero attached hydrogens (tertiary/aromatic N) is 1. The first-order chi connectivity index (χ1) is 14.7. The van der Waals surface area contributed by atoms with E-state index in [1.165, 1.54) is 0 Å². The quantitative estimate of drug-likeness (QED) is 0.640. The molecule has 0 spiro atoms. The summed E-state index contributed by atoms with van der Waals surface area (Å²) in [6.45, 7) is -0.0596. The van der Waals surface area contributed by atoms with Crippen LogP contribution in [0.4, 0.5) is 11.4 Å². The smallest absolute Gasteiger partial charge is 0.244 e. The van der Waals surface area contributed by atoms with Gasteiger partial charge >= 0.3 is 0 Å². The average molecular weight is 419 g/mol. The fourth-order valence-electron chi connectivity index (χ4n) is 3.49. The highest BCUT2D eigenvalue weighted by molar-refractivity contribution is 7.99. The molecule has 0 saturated heterocycles. The van der Waals surface area contributed by atoms with E-state index in [1.54, 1.807) is 35.9 Å². The van der Waals surface area contributed by atoms with Crippen molar-refractivity contribution in [1.29, 1.82) is 0 Å².